The van der Waals surface area contributed by atoms with Gasteiger partial charge in [0.05, 0.1) is 17.5 Å². The van der Waals surface area contributed by atoms with Gasteiger partial charge >= 0.3 is 0 Å². The van der Waals surface area contributed by atoms with Crippen molar-refractivity contribution in [2.75, 3.05) is 11.9 Å². The molecule has 0 aliphatic carbocycles. The highest BCUT2D eigenvalue weighted by Crippen LogP contribution is 2.14. The molecule has 2 amide bonds. The van der Waals surface area contributed by atoms with E-state index in [1.54, 1.807) is 36.4 Å². The van der Waals surface area contributed by atoms with E-state index in [9.17, 15) is 9.59 Å². The number of furan rings is 1. The third-order valence-corrected chi connectivity index (χ3v) is 3.34. The number of anilines is 1. The highest BCUT2D eigenvalue weighted by molar-refractivity contribution is 7.80. The van der Waals surface area contributed by atoms with E-state index in [-0.39, 0.29) is 11.0 Å². The number of rotatable bonds is 6. The molecule has 1 aromatic heterocycles. The molecule has 0 aliphatic rings. The van der Waals surface area contributed by atoms with Gasteiger partial charge in [-0.2, -0.15) is 0 Å². The van der Waals surface area contributed by atoms with Crippen molar-refractivity contribution < 1.29 is 14.0 Å². The minimum Gasteiger partial charge on any atom is -0.465 e. The van der Waals surface area contributed by atoms with E-state index in [1.807, 2.05) is 6.92 Å². The molecular weight excluding hydrogens is 338 g/mol. The second kappa shape index (κ2) is 9.39. The summed E-state index contributed by atoms with van der Waals surface area (Å²) in [6.45, 7) is 2.57. The minimum absolute atomic E-state index is 0.102. The van der Waals surface area contributed by atoms with Crippen LogP contribution in [-0.4, -0.2) is 23.5 Å². The van der Waals surface area contributed by atoms with Crippen molar-refractivity contribution in [2.45, 2.75) is 13.3 Å². The van der Waals surface area contributed by atoms with Gasteiger partial charge in [-0.3, -0.25) is 14.9 Å². The predicted molar refractivity (Wildman–Crippen MR) is 101 cm³/mol. The van der Waals surface area contributed by atoms with Crippen LogP contribution < -0.4 is 16.0 Å². The van der Waals surface area contributed by atoms with Crippen molar-refractivity contribution in [3.8, 4) is 0 Å². The first kappa shape index (κ1) is 18.4. The monoisotopic (exact) mass is 357 g/mol. The molecule has 0 radical (unpaired) electrons. The Labute approximate surface area is 151 Å². The van der Waals surface area contributed by atoms with Crippen molar-refractivity contribution in [1.82, 2.24) is 10.6 Å². The first-order valence-electron chi connectivity index (χ1n) is 7.81. The molecule has 0 saturated heterocycles. The van der Waals surface area contributed by atoms with Gasteiger partial charge in [-0.25, -0.2) is 0 Å². The number of thiocarbonyl (C=S) groups is 1. The van der Waals surface area contributed by atoms with E-state index in [1.165, 1.54) is 18.4 Å². The van der Waals surface area contributed by atoms with Gasteiger partial charge in [0.1, 0.15) is 5.76 Å². The Kier molecular flexibility index (Phi) is 6.91. The molecule has 6 nitrogen and oxygen atoms in total. The lowest BCUT2D eigenvalue weighted by Gasteiger charge is -2.12. The van der Waals surface area contributed by atoms with Gasteiger partial charge in [-0.05, 0) is 49.0 Å². The average Bonchev–Trinajstić information content (AvgIpc) is 3.12. The van der Waals surface area contributed by atoms with Crippen LogP contribution in [0, 0.1) is 0 Å². The highest BCUT2D eigenvalue weighted by Gasteiger charge is 2.11. The predicted octanol–water partition coefficient (Wildman–Crippen LogP) is 2.95. The fraction of sp³-hybridized carbons (Fsp3) is 0.167. The molecule has 0 aliphatic heterocycles. The summed E-state index contributed by atoms with van der Waals surface area (Å²) < 4.78 is 5.10. The number of hydrogen-bond donors (Lipinski definition) is 3. The largest absolute Gasteiger partial charge is 0.465 e. The Balaban J connectivity index is 1.96. The maximum atomic E-state index is 12.2. The second-order valence-corrected chi connectivity index (χ2v) is 5.50. The van der Waals surface area contributed by atoms with E-state index >= 15 is 0 Å². The van der Waals surface area contributed by atoms with Crippen LogP contribution in [-0.2, 0) is 4.79 Å². The number of hydrogen-bond acceptors (Lipinski definition) is 4. The van der Waals surface area contributed by atoms with E-state index in [0.717, 1.165) is 6.42 Å². The normalized spacial score (nSPS) is 10.4. The Morgan fingerprint density at radius 3 is 2.72 bits per heavy atom. The molecule has 3 N–H and O–H groups in total. The lowest BCUT2D eigenvalue weighted by Crippen LogP contribution is -2.34. The molecule has 7 heteroatoms. The van der Waals surface area contributed by atoms with Crippen molar-refractivity contribution in [3.05, 3.63) is 60.1 Å². The fourth-order valence-corrected chi connectivity index (χ4v) is 2.19. The van der Waals surface area contributed by atoms with E-state index in [0.29, 0.717) is 23.6 Å². The maximum Gasteiger partial charge on any atom is 0.253 e. The van der Waals surface area contributed by atoms with E-state index in [2.05, 4.69) is 16.0 Å². The quantitative estimate of drug-likeness (QED) is 0.547. The van der Waals surface area contributed by atoms with Crippen molar-refractivity contribution in [1.29, 1.82) is 0 Å². The van der Waals surface area contributed by atoms with Gasteiger partial charge in [0.15, 0.2) is 5.11 Å². The van der Waals surface area contributed by atoms with Gasteiger partial charge in [0.25, 0.3) is 5.91 Å². The summed E-state index contributed by atoms with van der Waals surface area (Å²) in [7, 11) is 0. The summed E-state index contributed by atoms with van der Waals surface area (Å²) in [5, 5.41) is 8.30. The smallest absolute Gasteiger partial charge is 0.253 e. The lowest BCUT2D eigenvalue weighted by molar-refractivity contribution is -0.115. The third kappa shape index (κ3) is 5.89. The Bertz CT molecular complexity index is 770. The summed E-state index contributed by atoms with van der Waals surface area (Å²) in [6.07, 6.45) is 5.21. The highest BCUT2D eigenvalue weighted by atomic mass is 32.1. The zero-order valence-corrected chi connectivity index (χ0v) is 14.6. The molecule has 25 heavy (non-hydrogen) atoms. The van der Waals surface area contributed by atoms with Crippen molar-refractivity contribution >= 4 is 40.9 Å². The minimum atomic E-state index is -0.401. The van der Waals surface area contributed by atoms with Gasteiger partial charge in [0, 0.05) is 12.6 Å². The molecule has 0 unspecified atom stereocenters. The van der Waals surface area contributed by atoms with Crippen LogP contribution in [0.15, 0.2) is 53.2 Å². The fourth-order valence-electron chi connectivity index (χ4n) is 1.97. The number of amides is 2. The number of nitrogens with one attached hydrogen (secondary N) is 3. The van der Waals surface area contributed by atoms with Gasteiger partial charge in [-0.1, -0.05) is 19.1 Å². The first-order valence-corrected chi connectivity index (χ1v) is 8.21. The molecule has 0 atom stereocenters. The second-order valence-electron chi connectivity index (χ2n) is 5.09. The van der Waals surface area contributed by atoms with Gasteiger partial charge < -0.3 is 15.1 Å². The topological polar surface area (TPSA) is 83.4 Å². The molecule has 0 bridgehead atoms. The van der Waals surface area contributed by atoms with Crippen LogP contribution in [0.3, 0.4) is 0 Å². The summed E-state index contributed by atoms with van der Waals surface area (Å²) in [4.78, 5) is 24.0. The van der Waals surface area contributed by atoms with Crippen LogP contribution >= 0.6 is 12.2 Å². The maximum absolute atomic E-state index is 12.2. The number of carbonyl (C=O) groups is 2. The molecule has 2 aromatic rings. The molecule has 2 rings (SSSR count). The van der Waals surface area contributed by atoms with Crippen molar-refractivity contribution in [3.63, 3.8) is 0 Å². The Morgan fingerprint density at radius 1 is 1.20 bits per heavy atom. The zero-order valence-electron chi connectivity index (χ0n) is 13.7. The lowest BCUT2D eigenvalue weighted by atomic mass is 10.1. The summed E-state index contributed by atoms with van der Waals surface area (Å²) in [6, 6.07) is 10.4. The summed E-state index contributed by atoms with van der Waals surface area (Å²) >= 11 is 5.13. The number of benzene rings is 1. The van der Waals surface area contributed by atoms with Crippen LogP contribution in [0.2, 0.25) is 0 Å². The van der Waals surface area contributed by atoms with E-state index in [4.69, 9.17) is 16.6 Å². The third-order valence-electron chi connectivity index (χ3n) is 3.13. The summed E-state index contributed by atoms with van der Waals surface area (Å²) in [5.74, 6) is -0.0365. The standard InChI is InChI=1S/C18H19N3O3S/c1-2-11-19-17(23)14-7-3-4-8-15(14)20-18(25)21-16(22)10-9-13-6-5-12-24-13/h3-10,12H,2,11H2,1H3,(H,19,23)(H2,20,21,22,25). The zero-order chi connectivity index (χ0) is 18.1. The Morgan fingerprint density at radius 2 is 2.00 bits per heavy atom. The van der Waals surface area contributed by atoms with Gasteiger partial charge in [-0.15, -0.1) is 0 Å². The number of carbonyl (C=O) groups excluding carboxylic acids is 2. The molecule has 0 fully saturated rings. The Hall–Kier alpha value is -2.93. The average molecular weight is 357 g/mol. The number of para-hydroxylation sites is 1. The first-order chi connectivity index (χ1) is 12.1. The van der Waals surface area contributed by atoms with Crippen molar-refractivity contribution in [2.24, 2.45) is 0 Å². The summed E-state index contributed by atoms with van der Waals surface area (Å²) in [5.41, 5.74) is 0.982. The van der Waals surface area contributed by atoms with Crippen LogP contribution in [0.25, 0.3) is 6.08 Å². The molecular formula is C18H19N3O3S. The molecule has 0 spiro atoms. The van der Waals surface area contributed by atoms with Gasteiger partial charge in [0.2, 0.25) is 5.91 Å². The molecule has 1 aromatic carbocycles. The van der Waals surface area contributed by atoms with Crippen LogP contribution in [0.4, 0.5) is 5.69 Å². The van der Waals surface area contributed by atoms with E-state index < -0.39 is 5.91 Å². The SMILES string of the molecule is CCCNC(=O)c1ccccc1NC(=S)NC(=O)C=Cc1ccco1. The molecule has 1 heterocycles. The molecule has 130 valence electrons. The van der Waals surface area contributed by atoms with Crippen LogP contribution in [0.5, 0.6) is 0 Å². The van der Waals surface area contributed by atoms with Crippen LogP contribution in [0.1, 0.15) is 29.5 Å². The molecule has 0 saturated carbocycles.